The zero-order valence-corrected chi connectivity index (χ0v) is 22.8. The van der Waals surface area contributed by atoms with Crippen molar-refractivity contribution in [2.75, 3.05) is 0 Å². The fraction of sp³-hybridized carbons (Fsp3) is 1.00. The second-order valence-corrected chi connectivity index (χ2v) is 32.0. The zero-order chi connectivity index (χ0) is 16.6. The average molecular weight is 377 g/mol. The molecule has 0 rings (SSSR count). The van der Waals surface area contributed by atoms with Crippen LogP contribution in [0.3, 0.4) is 0 Å². The first-order valence-corrected chi connectivity index (χ1v) is 22.7. The molecule has 0 aromatic rings. The molecule has 0 fully saturated rings. The van der Waals surface area contributed by atoms with Gasteiger partial charge in [-0.1, -0.05) is 95.0 Å². The molecule has 22 heavy (non-hydrogen) atoms. The first-order chi connectivity index (χ1) is 8.43. The van der Waals surface area contributed by atoms with Crippen LogP contribution < -0.4 is 37.7 Å². The topological polar surface area (TPSA) is 31.4 Å². The van der Waals surface area contributed by atoms with Gasteiger partial charge in [-0.2, -0.15) is 9.28 Å². The summed E-state index contributed by atoms with van der Waals surface area (Å²) in [6.07, 6.45) is 0. The summed E-state index contributed by atoms with van der Waals surface area (Å²) in [7, 11) is -6.73. The molecular formula is C12H36Li2N3Si5. The van der Waals surface area contributed by atoms with Crippen molar-refractivity contribution in [1.82, 2.24) is 3.90 Å². The summed E-state index contributed by atoms with van der Waals surface area (Å²) in [5.74, 6) is 0. The monoisotopic (exact) mass is 376 g/mol. The Morgan fingerprint density at radius 3 is 0.909 bits per heavy atom. The van der Waals surface area contributed by atoms with Crippen LogP contribution in [0, 0.1) is 0 Å². The largest absolute Gasteiger partial charge is 1.00 e. The molecule has 0 bridgehead atoms. The van der Waals surface area contributed by atoms with E-state index in [1.807, 2.05) is 0 Å². The third kappa shape index (κ3) is 12.5. The van der Waals surface area contributed by atoms with E-state index in [9.17, 15) is 0 Å². The van der Waals surface area contributed by atoms with Crippen LogP contribution in [0.4, 0.5) is 0 Å². The minimum atomic E-state index is -1.44. The molecule has 10 heteroatoms. The number of rotatable bonds is 7. The predicted octanol–water partition coefficient (Wildman–Crippen LogP) is -0.632. The molecule has 0 aliphatic heterocycles. The van der Waals surface area contributed by atoms with E-state index < -0.39 is 42.2 Å². The van der Waals surface area contributed by atoms with Gasteiger partial charge in [-0.25, -0.2) is 0 Å². The molecule has 0 amide bonds. The Morgan fingerprint density at radius 2 is 0.773 bits per heavy atom. The van der Waals surface area contributed by atoms with Crippen LogP contribution in [0.25, 0.3) is 9.30 Å². The number of hydrogen-bond donors (Lipinski definition) is 0. The minimum Gasteiger partial charge on any atom is -0.674 e. The molecule has 0 saturated carbocycles. The van der Waals surface area contributed by atoms with Gasteiger partial charge in [-0.15, -0.1) is 0 Å². The van der Waals surface area contributed by atoms with Gasteiger partial charge in [0.2, 0.25) is 0 Å². The van der Waals surface area contributed by atoms with Crippen molar-refractivity contribution in [3.63, 3.8) is 0 Å². The summed E-state index contributed by atoms with van der Waals surface area (Å²) in [5, 5.41) is 0. The van der Waals surface area contributed by atoms with Gasteiger partial charge >= 0.3 is 37.7 Å². The Bertz CT molecular complexity index is 289. The number of nitrogens with zero attached hydrogens (tertiary/aromatic N) is 3. The number of hydrogen-bond acceptors (Lipinski definition) is 1. The van der Waals surface area contributed by atoms with Crippen molar-refractivity contribution in [1.29, 1.82) is 0 Å². The van der Waals surface area contributed by atoms with E-state index in [0.29, 0.717) is 0 Å². The van der Waals surface area contributed by atoms with E-state index in [0.717, 1.165) is 0 Å². The summed E-state index contributed by atoms with van der Waals surface area (Å²) in [6, 6.07) is 0. The summed E-state index contributed by atoms with van der Waals surface area (Å²) < 4.78 is 13.5. The van der Waals surface area contributed by atoms with E-state index in [-0.39, 0.29) is 37.7 Å². The van der Waals surface area contributed by atoms with Crippen molar-refractivity contribution in [3.05, 3.63) is 9.30 Å². The molecular weight excluding hydrogens is 340 g/mol. The summed E-state index contributed by atoms with van der Waals surface area (Å²) in [4.78, 5) is 0. The summed E-state index contributed by atoms with van der Waals surface area (Å²) in [5.41, 5.74) is 0. The van der Waals surface area contributed by atoms with Gasteiger partial charge in [0.25, 0.3) is 0 Å². The van der Waals surface area contributed by atoms with Crippen LogP contribution in [0.2, 0.25) is 78.6 Å². The standard InChI is InChI=1S/C12H36N3Si5.2Li/c1-17(2,3)13-16(14-18(4,5)6)15(19(7,8)9)20(10,11)12;;/h1-12H3;;/q-2;2*+1. The Kier molecular flexibility index (Phi) is 12.8. The molecule has 1 radical (unpaired) electrons. The predicted molar refractivity (Wildman–Crippen MR) is 108 cm³/mol. The Morgan fingerprint density at radius 1 is 0.545 bits per heavy atom. The van der Waals surface area contributed by atoms with Crippen LogP contribution in [-0.2, 0) is 0 Å². The maximum absolute atomic E-state index is 5.33. The molecule has 121 valence electrons. The fourth-order valence-corrected chi connectivity index (χ4v) is 23.2. The first-order valence-electron chi connectivity index (χ1n) is 7.57. The third-order valence-electron chi connectivity index (χ3n) is 2.41. The average Bonchev–Trinajstić information content (AvgIpc) is 1.87. The molecule has 0 heterocycles. The molecule has 0 aromatic heterocycles. The van der Waals surface area contributed by atoms with E-state index >= 15 is 0 Å². The van der Waals surface area contributed by atoms with Crippen molar-refractivity contribution in [2.24, 2.45) is 0 Å². The maximum atomic E-state index is 5.33. The Balaban J connectivity index is -0.00000180. The minimum absolute atomic E-state index is 0. The summed E-state index contributed by atoms with van der Waals surface area (Å²) >= 11 is 0. The molecule has 0 unspecified atom stereocenters. The normalized spacial score (nSPS) is 13.9. The molecule has 0 spiro atoms. The van der Waals surface area contributed by atoms with Crippen LogP contribution in [0.15, 0.2) is 0 Å². The molecule has 0 atom stereocenters. The first kappa shape index (κ1) is 28.9. The quantitative estimate of drug-likeness (QED) is 0.544. The Hall–Kier alpha value is 2.16. The van der Waals surface area contributed by atoms with Gasteiger partial charge in [-0.3, -0.25) is 0 Å². The van der Waals surface area contributed by atoms with Crippen molar-refractivity contribution in [3.8, 4) is 0 Å². The maximum Gasteiger partial charge on any atom is 1.00 e. The molecule has 3 nitrogen and oxygen atoms in total. The van der Waals surface area contributed by atoms with Crippen LogP contribution in [-0.4, -0.2) is 46.1 Å². The van der Waals surface area contributed by atoms with Gasteiger partial charge in [-0.05, 0) is 0 Å². The second kappa shape index (κ2) is 9.75. The fourth-order valence-electron chi connectivity index (χ4n) is 2.33. The zero-order valence-electron chi connectivity index (χ0n) is 17.8. The third-order valence-corrected chi connectivity index (χ3v) is 21.7. The van der Waals surface area contributed by atoms with E-state index in [2.05, 4.69) is 82.5 Å². The van der Waals surface area contributed by atoms with Crippen LogP contribution in [0.5, 0.6) is 0 Å². The van der Waals surface area contributed by atoms with Gasteiger partial charge in [0.05, 0.1) is 0 Å². The van der Waals surface area contributed by atoms with Crippen molar-refractivity contribution >= 4 is 42.2 Å². The molecule has 0 saturated heterocycles. The van der Waals surface area contributed by atoms with Crippen molar-refractivity contribution < 1.29 is 37.7 Å². The van der Waals surface area contributed by atoms with Gasteiger partial charge in [0.15, 0.2) is 0 Å². The smallest absolute Gasteiger partial charge is 0.674 e. The van der Waals surface area contributed by atoms with Crippen molar-refractivity contribution in [2.45, 2.75) is 78.6 Å². The Labute approximate surface area is 170 Å². The van der Waals surface area contributed by atoms with Crippen LogP contribution >= 0.6 is 0 Å². The van der Waals surface area contributed by atoms with Gasteiger partial charge < -0.3 is 13.2 Å². The van der Waals surface area contributed by atoms with Gasteiger partial charge in [0.1, 0.15) is 16.5 Å². The van der Waals surface area contributed by atoms with E-state index in [4.69, 9.17) is 9.30 Å². The molecule has 0 aliphatic rings. The van der Waals surface area contributed by atoms with Gasteiger partial charge in [0, 0.05) is 0 Å². The van der Waals surface area contributed by atoms with Crippen LogP contribution in [0.1, 0.15) is 0 Å². The molecule has 0 aromatic carbocycles. The second-order valence-electron chi connectivity index (χ2n) is 9.54. The van der Waals surface area contributed by atoms with E-state index in [1.165, 1.54) is 0 Å². The molecule has 0 N–H and O–H groups in total. The molecule has 0 aliphatic carbocycles. The van der Waals surface area contributed by atoms with E-state index in [1.54, 1.807) is 0 Å². The SMILES string of the molecule is C[Si](C)(C)[N-][Si]([N-][Si](C)(C)C)N([Si](C)(C)C)[Si](C)(C)C.[Li+].[Li+]. The summed E-state index contributed by atoms with van der Waals surface area (Å²) in [6.45, 7) is 28.9.